The number of rotatable bonds is 3. The summed E-state index contributed by atoms with van der Waals surface area (Å²) in [6.45, 7) is 1.98. The summed E-state index contributed by atoms with van der Waals surface area (Å²) in [5.41, 5.74) is 3.05. The third kappa shape index (κ3) is 3.06. The molecule has 1 nitrogen and oxygen atoms in total. The maximum atomic E-state index is 6.28. The molecule has 0 heterocycles. The maximum absolute atomic E-state index is 6.28. The van der Waals surface area contributed by atoms with Crippen LogP contribution in [0.5, 0.6) is 0 Å². The van der Waals surface area contributed by atoms with Gasteiger partial charge in [-0.05, 0) is 42.8 Å². The van der Waals surface area contributed by atoms with Crippen molar-refractivity contribution in [3.05, 3.63) is 68.2 Å². The number of benzene rings is 2. The lowest BCUT2D eigenvalue weighted by atomic mass is 9.98. The molecule has 0 aliphatic carbocycles. The third-order valence-corrected chi connectivity index (χ3v) is 4.35. The fraction of sp³-hybridized carbons (Fsp3) is 0.200. The van der Waals surface area contributed by atoms with Crippen LogP contribution >= 0.6 is 34.8 Å². The molecular formula is C15H14Cl3N. The molecule has 0 amide bonds. The molecule has 0 saturated carbocycles. The minimum atomic E-state index is -0.0377. The Morgan fingerprint density at radius 1 is 1.00 bits per heavy atom. The van der Waals surface area contributed by atoms with Crippen LogP contribution in [-0.2, 0) is 0 Å². The van der Waals surface area contributed by atoms with Crippen LogP contribution in [0.2, 0.25) is 15.1 Å². The molecule has 4 heteroatoms. The first kappa shape index (κ1) is 14.7. The van der Waals surface area contributed by atoms with Gasteiger partial charge in [-0.3, -0.25) is 0 Å². The van der Waals surface area contributed by atoms with E-state index in [9.17, 15) is 0 Å². The zero-order valence-electron chi connectivity index (χ0n) is 10.7. The van der Waals surface area contributed by atoms with Crippen LogP contribution < -0.4 is 5.32 Å². The van der Waals surface area contributed by atoms with Crippen LogP contribution in [0.3, 0.4) is 0 Å². The van der Waals surface area contributed by atoms with Gasteiger partial charge in [0.25, 0.3) is 0 Å². The molecule has 0 aromatic heterocycles. The van der Waals surface area contributed by atoms with Gasteiger partial charge in [0.1, 0.15) is 0 Å². The summed E-state index contributed by atoms with van der Waals surface area (Å²) >= 11 is 18.5. The highest BCUT2D eigenvalue weighted by Gasteiger charge is 2.17. The zero-order valence-corrected chi connectivity index (χ0v) is 12.9. The number of hydrogen-bond acceptors (Lipinski definition) is 1. The van der Waals surface area contributed by atoms with E-state index in [1.54, 1.807) is 6.07 Å². The van der Waals surface area contributed by atoms with Gasteiger partial charge in [0, 0.05) is 5.02 Å². The van der Waals surface area contributed by atoms with Crippen molar-refractivity contribution in [2.75, 3.05) is 7.05 Å². The smallest absolute Gasteiger partial charge is 0.0643 e. The van der Waals surface area contributed by atoms with E-state index < -0.39 is 0 Å². The maximum Gasteiger partial charge on any atom is 0.0643 e. The van der Waals surface area contributed by atoms with E-state index in [0.717, 1.165) is 21.7 Å². The van der Waals surface area contributed by atoms with E-state index in [0.29, 0.717) is 10.0 Å². The third-order valence-electron chi connectivity index (χ3n) is 3.11. The summed E-state index contributed by atoms with van der Waals surface area (Å²) in [5, 5.41) is 5.12. The second kappa shape index (κ2) is 6.15. The second-order valence-electron chi connectivity index (χ2n) is 4.37. The predicted molar refractivity (Wildman–Crippen MR) is 83.6 cm³/mol. The van der Waals surface area contributed by atoms with E-state index in [2.05, 4.69) is 5.32 Å². The van der Waals surface area contributed by atoms with Gasteiger partial charge in [-0.1, -0.05) is 59.1 Å². The molecule has 0 radical (unpaired) electrons. The van der Waals surface area contributed by atoms with Crippen molar-refractivity contribution >= 4 is 34.8 Å². The van der Waals surface area contributed by atoms with Crippen LogP contribution in [0.25, 0.3) is 0 Å². The molecule has 0 saturated heterocycles. The fourth-order valence-electron chi connectivity index (χ4n) is 2.03. The van der Waals surface area contributed by atoms with E-state index in [1.165, 1.54) is 0 Å². The van der Waals surface area contributed by atoms with Gasteiger partial charge in [-0.25, -0.2) is 0 Å². The lowest BCUT2D eigenvalue weighted by Crippen LogP contribution is -2.18. The molecule has 0 aliphatic heterocycles. The lowest BCUT2D eigenvalue weighted by molar-refractivity contribution is 0.692. The molecule has 19 heavy (non-hydrogen) atoms. The Labute approximate surface area is 128 Å². The van der Waals surface area contributed by atoms with Crippen molar-refractivity contribution in [1.29, 1.82) is 0 Å². The Bertz CT molecular complexity index is 596. The topological polar surface area (TPSA) is 12.0 Å². The molecule has 1 atom stereocenters. The largest absolute Gasteiger partial charge is 0.309 e. The molecule has 2 aromatic carbocycles. The van der Waals surface area contributed by atoms with Gasteiger partial charge in [-0.15, -0.1) is 0 Å². The van der Waals surface area contributed by atoms with Crippen LogP contribution in [0, 0.1) is 6.92 Å². The van der Waals surface area contributed by atoms with Crippen molar-refractivity contribution in [1.82, 2.24) is 5.32 Å². The fourth-order valence-corrected chi connectivity index (χ4v) is 2.64. The summed E-state index contributed by atoms with van der Waals surface area (Å²) in [5.74, 6) is 0. The van der Waals surface area contributed by atoms with Crippen LogP contribution in [-0.4, -0.2) is 7.05 Å². The monoisotopic (exact) mass is 313 g/mol. The highest BCUT2D eigenvalue weighted by molar-refractivity contribution is 6.42. The predicted octanol–water partition coefficient (Wildman–Crippen LogP) is 5.26. The SMILES string of the molecule is CNC(c1ccc(C)c(Cl)c1)c1cccc(Cl)c1Cl. The molecule has 100 valence electrons. The van der Waals surface area contributed by atoms with E-state index in [1.807, 2.05) is 44.3 Å². The molecular weight excluding hydrogens is 301 g/mol. The van der Waals surface area contributed by atoms with E-state index >= 15 is 0 Å². The van der Waals surface area contributed by atoms with Gasteiger partial charge >= 0.3 is 0 Å². The van der Waals surface area contributed by atoms with Crippen LogP contribution in [0.4, 0.5) is 0 Å². The minimum absolute atomic E-state index is 0.0377. The molecule has 2 rings (SSSR count). The second-order valence-corrected chi connectivity index (χ2v) is 5.57. The Morgan fingerprint density at radius 2 is 1.74 bits per heavy atom. The standard InChI is InChI=1S/C15H14Cl3N/c1-9-6-7-10(8-13(9)17)15(19-2)11-4-3-5-12(16)14(11)18/h3-8,15,19H,1-2H3. The molecule has 0 fully saturated rings. The van der Waals surface area contributed by atoms with Crippen molar-refractivity contribution < 1.29 is 0 Å². The number of nitrogens with one attached hydrogen (secondary N) is 1. The zero-order chi connectivity index (χ0) is 14.0. The first-order chi connectivity index (χ1) is 9.04. The first-order valence-electron chi connectivity index (χ1n) is 5.92. The summed E-state index contributed by atoms with van der Waals surface area (Å²) in [4.78, 5) is 0. The average Bonchev–Trinajstić information content (AvgIpc) is 2.39. The van der Waals surface area contributed by atoms with Gasteiger partial charge < -0.3 is 5.32 Å². The number of halogens is 3. The summed E-state index contributed by atoms with van der Waals surface area (Å²) < 4.78 is 0. The number of hydrogen-bond donors (Lipinski definition) is 1. The summed E-state index contributed by atoms with van der Waals surface area (Å²) in [6.07, 6.45) is 0. The Kier molecular flexibility index (Phi) is 4.75. The quantitative estimate of drug-likeness (QED) is 0.814. The highest BCUT2D eigenvalue weighted by Crippen LogP contribution is 2.34. The lowest BCUT2D eigenvalue weighted by Gasteiger charge is -2.19. The van der Waals surface area contributed by atoms with Crippen molar-refractivity contribution in [3.8, 4) is 0 Å². The van der Waals surface area contributed by atoms with Crippen LogP contribution in [0.15, 0.2) is 36.4 Å². The molecule has 1 N–H and O–H groups in total. The molecule has 1 unspecified atom stereocenters. The van der Waals surface area contributed by atoms with Crippen molar-refractivity contribution in [3.63, 3.8) is 0 Å². The van der Waals surface area contributed by atoms with Crippen LogP contribution in [0.1, 0.15) is 22.7 Å². The van der Waals surface area contributed by atoms with Gasteiger partial charge in [0.15, 0.2) is 0 Å². The Balaban J connectivity index is 2.50. The summed E-state index contributed by atoms with van der Waals surface area (Å²) in [6, 6.07) is 11.6. The normalized spacial score (nSPS) is 12.5. The van der Waals surface area contributed by atoms with E-state index in [-0.39, 0.29) is 6.04 Å². The Morgan fingerprint density at radius 3 is 2.37 bits per heavy atom. The van der Waals surface area contributed by atoms with Gasteiger partial charge in [0.2, 0.25) is 0 Å². The van der Waals surface area contributed by atoms with Crippen molar-refractivity contribution in [2.24, 2.45) is 0 Å². The Hall–Kier alpha value is -0.730. The summed E-state index contributed by atoms with van der Waals surface area (Å²) in [7, 11) is 1.88. The van der Waals surface area contributed by atoms with E-state index in [4.69, 9.17) is 34.8 Å². The van der Waals surface area contributed by atoms with Gasteiger partial charge in [0.05, 0.1) is 16.1 Å². The molecule has 2 aromatic rings. The molecule has 0 spiro atoms. The first-order valence-corrected chi connectivity index (χ1v) is 7.05. The highest BCUT2D eigenvalue weighted by atomic mass is 35.5. The molecule has 0 aliphatic rings. The number of aryl methyl sites for hydroxylation is 1. The van der Waals surface area contributed by atoms with Gasteiger partial charge in [-0.2, -0.15) is 0 Å². The molecule has 0 bridgehead atoms. The average molecular weight is 315 g/mol. The van der Waals surface area contributed by atoms with Crippen molar-refractivity contribution in [2.45, 2.75) is 13.0 Å². The minimum Gasteiger partial charge on any atom is -0.309 e.